The Kier molecular flexibility index (Phi) is 7.64. The van der Waals surface area contributed by atoms with E-state index in [1.54, 1.807) is 0 Å². The molecule has 0 unspecified atom stereocenters. The number of anilines is 1. The van der Waals surface area contributed by atoms with Crippen LogP contribution < -0.4 is 19.5 Å². The third kappa shape index (κ3) is 6.81. The fourth-order valence-electron chi connectivity index (χ4n) is 3.18. The van der Waals surface area contributed by atoms with E-state index in [0.29, 0.717) is 19.8 Å². The van der Waals surface area contributed by atoms with Crippen molar-refractivity contribution in [2.75, 3.05) is 18.5 Å². The molecule has 0 aromatic heterocycles. The summed E-state index contributed by atoms with van der Waals surface area (Å²) in [6, 6.07) is 36.1. The van der Waals surface area contributed by atoms with Gasteiger partial charge in [0.05, 0.1) is 0 Å². The maximum Gasteiger partial charge on any atom is 0.122 e. The molecule has 0 bridgehead atoms. The van der Waals surface area contributed by atoms with Crippen LogP contribution >= 0.6 is 0 Å². The van der Waals surface area contributed by atoms with Crippen LogP contribution in [0.4, 0.5) is 5.69 Å². The van der Waals surface area contributed by atoms with E-state index in [1.165, 1.54) is 5.56 Å². The van der Waals surface area contributed by atoms with Crippen molar-refractivity contribution in [1.29, 1.82) is 0 Å². The number of para-hydroxylation sites is 1. The van der Waals surface area contributed by atoms with Crippen LogP contribution in [0, 0.1) is 0 Å². The third-order valence-corrected chi connectivity index (χ3v) is 4.87. The predicted molar refractivity (Wildman–Crippen MR) is 128 cm³/mol. The van der Waals surface area contributed by atoms with Crippen LogP contribution in [0.3, 0.4) is 0 Å². The van der Waals surface area contributed by atoms with Gasteiger partial charge in [0, 0.05) is 18.3 Å². The Bertz CT molecular complexity index is 1070. The van der Waals surface area contributed by atoms with Crippen molar-refractivity contribution in [3.8, 4) is 17.2 Å². The number of ether oxygens (including phenoxy) is 3. The molecule has 0 aliphatic carbocycles. The molecule has 4 aromatic carbocycles. The van der Waals surface area contributed by atoms with Crippen molar-refractivity contribution in [1.82, 2.24) is 0 Å². The maximum absolute atomic E-state index is 5.91. The first-order valence-corrected chi connectivity index (χ1v) is 10.8. The molecule has 0 heterocycles. The first-order chi connectivity index (χ1) is 15.8. The average Bonchev–Trinajstić information content (AvgIpc) is 2.86. The van der Waals surface area contributed by atoms with Gasteiger partial charge < -0.3 is 19.5 Å². The molecule has 0 radical (unpaired) electrons. The van der Waals surface area contributed by atoms with Gasteiger partial charge in [-0.05, 0) is 47.5 Å². The van der Waals surface area contributed by atoms with E-state index >= 15 is 0 Å². The minimum Gasteiger partial charge on any atom is -0.490 e. The van der Waals surface area contributed by atoms with Crippen LogP contribution in [0.5, 0.6) is 17.2 Å². The molecule has 0 amide bonds. The van der Waals surface area contributed by atoms with Crippen LogP contribution in [0.1, 0.15) is 11.1 Å². The molecular formula is C28H27NO3. The van der Waals surface area contributed by atoms with Crippen molar-refractivity contribution in [2.45, 2.75) is 13.2 Å². The third-order valence-electron chi connectivity index (χ3n) is 4.87. The largest absolute Gasteiger partial charge is 0.490 e. The Labute approximate surface area is 189 Å². The van der Waals surface area contributed by atoms with E-state index in [0.717, 1.165) is 35.0 Å². The van der Waals surface area contributed by atoms with Crippen molar-refractivity contribution in [2.24, 2.45) is 0 Å². The molecule has 0 saturated carbocycles. The molecule has 0 aliphatic heterocycles. The van der Waals surface area contributed by atoms with Gasteiger partial charge in [0.1, 0.15) is 37.1 Å². The van der Waals surface area contributed by atoms with Crippen LogP contribution in [0.15, 0.2) is 109 Å². The smallest absolute Gasteiger partial charge is 0.122 e. The fraction of sp³-hybridized carbons (Fsp3) is 0.143. The second kappa shape index (κ2) is 11.5. The highest BCUT2D eigenvalue weighted by molar-refractivity contribution is 5.48. The first kappa shape index (κ1) is 21.3. The summed E-state index contributed by atoms with van der Waals surface area (Å²) >= 11 is 0. The highest BCUT2D eigenvalue weighted by atomic mass is 16.5. The van der Waals surface area contributed by atoms with Crippen LogP contribution in [-0.4, -0.2) is 13.2 Å². The summed E-state index contributed by atoms with van der Waals surface area (Å²) in [5.41, 5.74) is 3.35. The predicted octanol–water partition coefficient (Wildman–Crippen LogP) is 6.34. The number of benzene rings is 4. The lowest BCUT2D eigenvalue weighted by Crippen LogP contribution is -2.09. The van der Waals surface area contributed by atoms with Crippen LogP contribution in [-0.2, 0) is 13.2 Å². The summed E-state index contributed by atoms with van der Waals surface area (Å²) in [4.78, 5) is 0. The number of hydrogen-bond donors (Lipinski definition) is 1. The maximum atomic E-state index is 5.91. The van der Waals surface area contributed by atoms with E-state index in [9.17, 15) is 0 Å². The van der Waals surface area contributed by atoms with Gasteiger partial charge in [-0.15, -0.1) is 0 Å². The number of hydrogen-bond acceptors (Lipinski definition) is 4. The normalized spacial score (nSPS) is 10.4. The lowest BCUT2D eigenvalue weighted by Gasteiger charge is -2.11. The summed E-state index contributed by atoms with van der Waals surface area (Å²) in [6.45, 7) is 2.29. The molecule has 0 saturated heterocycles. The van der Waals surface area contributed by atoms with Gasteiger partial charge in [-0.2, -0.15) is 0 Å². The molecule has 0 aliphatic rings. The van der Waals surface area contributed by atoms with Crippen molar-refractivity contribution >= 4 is 5.69 Å². The Morgan fingerprint density at radius 2 is 1.12 bits per heavy atom. The van der Waals surface area contributed by atoms with Crippen LogP contribution in [0.2, 0.25) is 0 Å². The molecule has 0 fully saturated rings. The summed E-state index contributed by atoms with van der Waals surface area (Å²) in [6.07, 6.45) is 0. The highest BCUT2D eigenvalue weighted by Gasteiger charge is 2.00. The first-order valence-electron chi connectivity index (χ1n) is 10.8. The minimum absolute atomic E-state index is 0.502. The Hall–Kier alpha value is -3.92. The zero-order valence-corrected chi connectivity index (χ0v) is 17.9. The topological polar surface area (TPSA) is 39.7 Å². The zero-order valence-electron chi connectivity index (χ0n) is 17.9. The lowest BCUT2D eigenvalue weighted by atomic mass is 10.2. The Morgan fingerprint density at radius 1 is 0.500 bits per heavy atom. The van der Waals surface area contributed by atoms with Crippen LogP contribution in [0.25, 0.3) is 0 Å². The van der Waals surface area contributed by atoms with Gasteiger partial charge in [0.2, 0.25) is 0 Å². The molecule has 4 nitrogen and oxygen atoms in total. The monoisotopic (exact) mass is 425 g/mol. The van der Waals surface area contributed by atoms with Crippen molar-refractivity contribution in [3.63, 3.8) is 0 Å². The molecule has 4 aromatic rings. The van der Waals surface area contributed by atoms with Crippen molar-refractivity contribution in [3.05, 3.63) is 120 Å². The number of nitrogens with one attached hydrogen (secondary N) is 1. The average molecular weight is 426 g/mol. The molecule has 4 rings (SSSR count). The summed E-state index contributed by atoms with van der Waals surface area (Å²) in [7, 11) is 0. The molecular weight excluding hydrogens is 398 g/mol. The van der Waals surface area contributed by atoms with E-state index in [2.05, 4.69) is 29.6 Å². The molecule has 0 atom stereocenters. The van der Waals surface area contributed by atoms with Gasteiger partial charge in [-0.25, -0.2) is 0 Å². The summed E-state index contributed by atoms with van der Waals surface area (Å²) < 4.78 is 17.3. The molecule has 32 heavy (non-hydrogen) atoms. The minimum atomic E-state index is 0.502. The van der Waals surface area contributed by atoms with Gasteiger partial charge in [-0.3, -0.25) is 0 Å². The summed E-state index contributed by atoms with van der Waals surface area (Å²) in [5.74, 6) is 2.54. The summed E-state index contributed by atoms with van der Waals surface area (Å²) in [5, 5.41) is 3.45. The highest BCUT2D eigenvalue weighted by Crippen LogP contribution is 2.20. The van der Waals surface area contributed by atoms with Gasteiger partial charge in [0.25, 0.3) is 0 Å². The molecule has 1 N–H and O–H groups in total. The molecule has 0 spiro atoms. The number of rotatable bonds is 11. The lowest BCUT2D eigenvalue weighted by molar-refractivity contribution is 0.217. The van der Waals surface area contributed by atoms with Gasteiger partial charge >= 0.3 is 0 Å². The van der Waals surface area contributed by atoms with E-state index in [1.807, 2.05) is 84.9 Å². The van der Waals surface area contributed by atoms with E-state index in [-0.39, 0.29) is 0 Å². The van der Waals surface area contributed by atoms with Crippen molar-refractivity contribution < 1.29 is 14.2 Å². The second-order valence-corrected chi connectivity index (χ2v) is 7.31. The SMILES string of the molecule is c1ccc(COc2cccc(NCc3ccc(OCCOc4ccccc4)cc3)c2)cc1. The van der Waals surface area contributed by atoms with E-state index in [4.69, 9.17) is 14.2 Å². The zero-order chi connectivity index (χ0) is 21.8. The molecule has 4 heteroatoms. The quantitative estimate of drug-likeness (QED) is 0.285. The standard InChI is InChI=1S/C28H27NO3/c1-3-8-24(9-4-1)22-32-28-13-7-10-25(20-28)29-21-23-14-16-27(17-15-23)31-19-18-30-26-11-5-2-6-12-26/h1-17,20,29H,18-19,21-22H2. The fourth-order valence-corrected chi connectivity index (χ4v) is 3.18. The molecule has 162 valence electrons. The Balaban J connectivity index is 1.20. The Morgan fingerprint density at radius 3 is 1.84 bits per heavy atom. The van der Waals surface area contributed by atoms with Gasteiger partial charge in [0.15, 0.2) is 0 Å². The van der Waals surface area contributed by atoms with E-state index < -0.39 is 0 Å². The van der Waals surface area contributed by atoms with Gasteiger partial charge in [-0.1, -0.05) is 66.7 Å². The second-order valence-electron chi connectivity index (χ2n) is 7.31.